The summed E-state index contributed by atoms with van der Waals surface area (Å²) < 4.78 is 4.78. The Kier molecular flexibility index (Phi) is 12.2. The summed E-state index contributed by atoms with van der Waals surface area (Å²) in [6, 6.07) is 24.9. The molecule has 3 heterocycles. The highest BCUT2D eigenvalue weighted by Gasteiger charge is 2.55. The van der Waals surface area contributed by atoms with Crippen LogP contribution in [0.2, 0.25) is 0 Å². The minimum atomic E-state index is -1.99. The highest BCUT2D eigenvalue weighted by molar-refractivity contribution is 6.10. The molecule has 1 spiro atoms. The number of nitrogens with one attached hydrogen (secondary N) is 1. The highest BCUT2D eigenvalue weighted by atomic mass is 16.5. The van der Waals surface area contributed by atoms with Gasteiger partial charge in [0, 0.05) is 55.3 Å². The number of hydrogen-bond acceptors (Lipinski definition) is 9. The monoisotopic (exact) mass is 737 g/mol. The number of ether oxygens (including phenoxy) is 1. The Hall–Kier alpha value is -5.04. The van der Waals surface area contributed by atoms with Crippen LogP contribution in [0, 0.1) is 5.92 Å². The normalized spacial score (nSPS) is 19.8. The Balaban J connectivity index is 1.28. The molecule has 3 aliphatic heterocycles. The van der Waals surface area contributed by atoms with Gasteiger partial charge in [-0.15, -0.1) is 0 Å². The van der Waals surface area contributed by atoms with E-state index in [4.69, 9.17) is 4.74 Å². The average molecular weight is 738 g/mol. The van der Waals surface area contributed by atoms with E-state index in [-0.39, 0.29) is 50.3 Å². The average Bonchev–Trinajstić information content (AvgIpc) is 3.59. The third-order valence-corrected chi connectivity index (χ3v) is 11.1. The first-order valence-electron chi connectivity index (χ1n) is 18.8. The van der Waals surface area contributed by atoms with E-state index >= 15 is 0 Å². The molecule has 286 valence electrons. The van der Waals surface area contributed by atoms with Gasteiger partial charge in [-0.2, -0.15) is 0 Å². The van der Waals surface area contributed by atoms with Crippen LogP contribution in [0.4, 0.5) is 17.1 Å². The number of fused-ring (bicyclic) bond motifs is 1. The van der Waals surface area contributed by atoms with Gasteiger partial charge in [0.2, 0.25) is 5.91 Å². The molecule has 0 radical (unpaired) electrons. The van der Waals surface area contributed by atoms with Crippen molar-refractivity contribution in [2.45, 2.75) is 63.1 Å². The molecule has 12 heteroatoms. The molecular formula is C42H51N5O7. The van der Waals surface area contributed by atoms with E-state index in [1.54, 1.807) is 45.9 Å². The summed E-state index contributed by atoms with van der Waals surface area (Å²) in [4.78, 5) is 60.9. The topological polar surface area (TPSA) is 143 Å². The SMILES string of the molecule is COC(=O)CCCCN1C(=O)[C@@](O)([C@@H](C)/C=C/CC(=O)N(CCO)Cc2ccccc2)c2cc(N3CN(c4ccccc4)C4(CCNCC4)C3=O)ccc21. The van der Waals surface area contributed by atoms with Gasteiger partial charge < -0.3 is 35.0 Å². The number of nitrogens with zero attached hydrogens (tertiary/aromatic N) is 4. The van der Waals surface area contributed by atoms with Gasteiger partial charge in [-0.25, -0.2) is 0 Å². The number of carbonyl (C=O) groups is 4. The predicted molar refractivity (Wildman–Crippen MR) is 207 cm³/mol. The molecule has 3 aliphatic rings. The first kappa shape index (κ1) is 38.7. The number of methoxy groups -OCH3 is 1. The van der Waals surface area contributed by atoms with Crippen LogP contribution in [0.5, 0.6) is 0 Å². The molecule has 54 heavy (non-hydrogen) atoms. The third-order valence-electron chi connectivity index (χ3n) is 11.1. The Bertz CT molecular complexity index is 1830. The fraction of sp³-hybridized carbons (Fsp3) is 0.429. The van der Waals surface area contributed by atoms with Crippen LogP contribution in [0.15, 0.2) is 91.0 Å². The molecule has 0 aliphatic carbocycles. The van der Waals surface area contributed by atoms with Crippen molar-refractivity contribution in [2.75, 3.05) is 61.3 Å². The number of aliphatic hydroxyl groups excluding tert-OH is 1. The molecule has 3 amide bonds. The molecule has 3 N–H and O–H groups in total. The van der Waals surface area contributed by atoms with E-state index in [9.17, 15) is 29.4 Å². The summed E-state index contributed by atoms with van der Waals surface area (Å²) in [6.45, 7) is 4.10. The molecular weight excluding hydrogens is 686 g/mol. The van der Waals surface area contributed by atoms with Crippen LogP contribution < -0.4 is 20.0 Å². The first-order valence-corrected chi connectivity index (χ1v) is 18.8. The van der Waals surface area contributed by atoms with Gasteiger partial charge in [0.05, 0.1) is 26.1 Å². The largest absolute Gasteiger partial charge is 0.469 e. The summed E-state index contributed by atoms with van der Waals surface area (Å²) in [7, 11) is 1.34. The highest BCUT2D eigenvalue weighted by Crippen LogP contribution is 2.48. The minimum Gasteiger partial charge on any atom is -0.469 e. The predicted octanol–water partition coefficient (Wildman–Crippen LogP) is 4.10. The zero-order valence-electron chi connectivity index (χ0n) is 31.2. The van der Waals surface area contributed by atoms with Crippen LogP contribution in [-0.2, 0) is 36.1 Å². The fourth-order valence-electron chi connectivity index (χ4n) is 7.99. The number of anilines is 3. The van der Waals surface area contributed by atoms with Crippen LogP contribution >= 0.6 is 0 Å². The maximum atomic E-state index is 14.5. The number of esters is 1. The Labute approximate surface area is 317 Å². The fourth-order valence-corrected chi connectivity index (χ4v) is 7.99. The molecule has 12 nitrogen and oxygen atoms in total. The van der Waals surface area contributed by atoms with Crippen molar-refractivity contribution in [2.24, 2.45) is 5.92 Å². The zero-order valence-corrected chi connectivity index (χ0v) is 31.2. The summed E-state index contributed by atoms with van der Waals surface area (Å²) in [5, 5.41) is 25.6. The van der Waals surface area contributed by atoms with Gasteiger partial charge in [-0.1, -0.05) is 67.6 Å². The lowest BCUT2D eigenvalue weighted by atomic mass is 9.82. The summed E-state index contributed by atoms with van der Waals surface area (Å²) >= 11 is 0. The number of unbranched alkanes of at least 4 members (excludes halogenated alkanes) is 1. The summed E-state index contributed by atoms with van der Waals surface area (Å²) in [5.74, 6) is -1.80. The number of hydrogen-bond donors (Lipinski definition) is 3. The maximum Gasteiger partial charge on any atom is 0.305 e. The zero-order chi connectivity index (χ0) is 38.3. The molecule has 2 fully saturated rings. The van der Waals surface area contributed by atoms with Crippen molar-refractivity contribution >= 4 is 40.8 Å². The second-order valence-electron chi connectivity index (χ2n) is 14.3. The Morgan fingerprint density at radius 1 is 0.963 bits per heavy atom. The molecule has 0 saturated carbocycles. The molecule has 3 aromatic rings. The number of amides is 3. The molecule has 6 rings (SSSR count). The van der Waals surface area contributed by atoms with Crippen molar-refractivity contribution in [3.8, 4) is 0 Å². The molecule has 2 saturated heterocycles. The third kappa shape index (κ3) is 7.64. The maximum absolute atomic E-state index is 14.5. The van der Waals surface area contributed by atoms with E-state index in [1.165, 1.54) is 7.11 Å². The molecule has 2 atom stereocenters. The van der Waals surface area contributed by atoms with E-state index in [0.717, 1.165) is 11.3 Å². The minimum absolute atomic E-state index is 0.0140. The van der Waals surface area contributed by atoms with Gasteiger partial charge >= 0.3 is 5.97 Å². The summed E-state index contributed by atoms with van der Waals surface area (Å²) in [5.41, 5.74) is 0.693. The van der Waals surface area contributed by atoms with Gasteiger partial charge in [0.15, 0.2) is 5.60 Å². The lowest BCUT2D eigenvalue weighted by molar-refractivity contribution is -0.140. The van der Waals surface area contributed by atoms with Crippen molar-refractivity contribution in [1.29, 1.82) is 0 Å². The number of para-hydroxylation sites is 1. The number of carbonyl (C=O) groups excluding carboxylic acids is 4. The lowest BCUT2D eigenvalue weighted by Crippen LogP contribution is -2.55. The van der Waals surface area contributed by atoms with Gasteiger partial charge in [-0.3, -0.25) is 24.1 Å². The van der Waals surface area contributed by atoms with Crippen LogP contribution in [0.25, 0.3) is 0 Å². The van der Waals surface area contributed by atoms with Crippen molar-refractivity contribution in [3.05, 3.63) is 102 Å². The van der Waals surface area contributed by atoms with E-state index in [1.807, 2.05) is 66.7 Å². The lowest BCUT2D eigenvalue weighted by Gasteiger charge is -2.39. The summed E-state index contributed by atoms with van der Waals surface area (Å²) in [6.07, 6.45) is 5.88. The first-order chi connectivity index (χ1) is 26.1. The van der Waals surface area contributed by atoms with Gasteiger partial charge in [0.1, 0.15) is 5.54 Å². The second-order valence-corrected chi connectivity index (χ2v) is 14.3. The van der Waals surface area contributed by atoms with Crippen LogP contribution in [0.3, 0.4) is 0 Å². The smallest absolute Gasteiger partial charge is 0.305 e. The molecule has 0 unspecified atom stereocenters. The molecule has 0 bridgehead atoms. The number of piperidine rings is 1. The quantitative estimate of drug-likeness (QED) is 0.119. The Morgan fingerprint density at radius 3 is 2.35 bits per heavy atom. The standard InChI is InChI=1S/C42H51N5O7/c1-31(12-11-17-37(49)44(26-27-48)29-32-13-5-3-6-14-32)42(53)35-28-34(19-20-36(35)45(40(42)52)25-10-9-18-38(50)54-2)46-30-47(33-15-7-4-8-16-33)41(39(46)51)21-23-43-24-22-41/h3-8,11-16,19-20,28,31,43,48,53H,9-10,17-18,21-27,29-30H2,1-2H3/b12-11+/t31-,42+/m0/s1. The van der Waals surface area contributed by atoms with Crippen molar-refractivity contribution < 1.29 is 34.1 Å². The molecule has 3 aromatic carbocycles. The second kappa shape index (κ2) is 17.0. The van der Waals surface area contributed by atoms with Gasteiger partial charge in [-0.05, 0) is 74.7 Å². The van der Waals surface area contributed by atoms with Crippen molar-refractivity contribution in [3.63, 3.8) is 0 Å². The number of benzene rings is 3. The van der Waals surface area contributed by atoms with Crippen LogP contribution in [0.1, 0.15) is 56.6 Å². The number of aliphatic hydroxyl groups is 2. The van der Waals surface area contributed by atoms with E-state index < -0.39 is 23.0 Å². The van der Waals surface area contributed by atoms with Gasteiger partial charge in [0.25, 0.3) is 11.8 Å². The van der Waals surface area contributed by atoms with E-state index in [0.29, 0.717) is 68.9 Å². The van der Waals surface area contributed by atoms with Crippen LogP contribution in [-0.4, -0.2) is 90.9 Å². The molecule has 0 aromatic heterocycles. The Morgan fingerprint density at radius 2 is 1.67 bits per heavy atom. The van der Waals surface area contributed by atoms with E-state index in [2.05, 4.69) is 10.2 Å². The number of rotatable bonds is 15. The van der Waals surface area contributed by atoms with Crippen molar-refractivity contribution in [1.82, 2.24) is 10.2 Å².